The molecular weight excluding hydrogens is 268 g/mol. The Kier molecular flexibility index (Phi) is 3.61. The minimum Gasteiger partial charge on any atom is -0.294 e. The first-order valence-corrected chi connectivity index (χ1v) is 6.12. The summed E-state index contributed by atoms with van der Waals surface area (Å²) in [6.45, 7) is 1.30. The van der Waals surface area contributed by atoms with Gasteiger partial charge in [-0.2, -0.15) is 5.10 Å². The van der Waals surface area contributed by atoms with Gasteiger partial charge in [0.25, 0.3) is 5.69 Å². The largest absolute Gasteiger partial charge is 0.294 e. The third-order valence-corrected chi connectivity index (χ3v) is 3.46. The van der Waals surface area contributed by atoms with Gasteiger partial charge in [-0.1, -0.05) is 11.8 Å². The fourth-order valence-electron chi connectivity index (χ4n) is 1.50. The molecule has 0 fully saturated rings. The number of carbonyl (C=O) groups excluding carboxylic acids is 1. The van der Waals surface area contributed by atoms with Crippen LogP contribution in [0.3, 0.4) is 0 Å². The molecule has 0 saturated carbocycles. The van der Waals surface area contributed by atoms with Gasteiger partial charge in [-0.15, -0.1) is 0 Å². The number of benzene rings is 1. The van der Waals surface area contributed by atoms with E-state index in [0.29, 0.717) is 10.1 Å². The molecule has 2 aromatic rings. The Morgan fingerprint density at radius 3 is 2.74 bits per heavy atom. The van der Waals surface area contributed by atoms with Crippen molar-refractivity contribution in [2.24, 2.45) is 7.05 Å². The summed E-state index contributed by atoms with van der Waals surface area (Å²) in [6.07, 6.45) is 1.42. The standard InChI is InChI=1S/C11H10N4O3S/c1-7(16)9-5-8(3-4-10(9)15(17)18)19-11-12-6-13-14(11)2/h3-6H,1-2H3. The number of carbonyl (C=O) groups is 1. The SMILES string of the molecule is CC(=O)c1cc(Sc2ncnn2C)ccc1[N+](=O)[O-]. The Balaban J connectivity index is 2.39. The molecule has 98 valence electrons. The number of ketones is 1. The van der Waals surface area contributed by atoms with Crippen LogP contribution in [0.2, 0.25) is 0 Å². The van der Waals surface area contributed by atoms with E-state index in [9.17, 15) is 14.9 Å². The van der Waals surface area contributed by atoms with Gasteiger partial charge in [0.1, 0.15) is 6.33 Å². The van der Waals surface area contributed by atoms with E-state index in [0.717, 1.165) is 0 Å². The van der Waals surface area contributed by atoms with Crippen LogP contribution in [0.4, 0.5) is 5.69 Å². The zero-order valence-corrected chi connectivity index (χ0v) is 11.0. The highest BCUT2D eigenvalue weighted by molar-refractivity contribution is 7.99. The Morgan fingerprint density at radius 1 is 1.47 bits per heavy atom. The molecule has 0 saturated heterocycles. The lowest BCUT2D eigenvalue weighted by Crippen LogP contribution is -2.00. The molecule has 1 heterocycles. The third-order valence-electron chi connectivity index (χ3n) is 2.42. The van der Waals surface area contributed by atoms with Crippen LogP contribution in [0.1, 0.15) is 17.3 Å². The van der Waals surface area contributed by atoms with Crippen LogP contribution in [-0.4, -0.2) is 25.5 Å². The van der Waals surface area contributed by atoms with E-state index in [2.05, 4.69) is 10.1 Å². The number of nitrogens with zero attached hydrogens (tertiary/aromatic N) is 4. The molecule has 2 rings (SSSR count). The number of Topliss-reactive ketones (excluding diaryl/α,β-unsaturated/α-hetero) is 1. The lowest BCUT2D eigenvalue weighted by atomic mass is 10.1. The zero-order chi connectivity index (χ0) is 14.0. The summed E-state index contributed by atoms with van der Waals surface area (Å²) in [5.74, 6) is -0.341. The lowest BCUT2D eigenvalue weighted by molar-refractivity contribution is -0.385. The van der Waals surface area contributed by atoms with Gasteiger partial charge in [0.2, 0.25) is 0 Å². The van der Waals surface area contributed by atoms with Crippen molar-refractivity contribution in [3.05, 3.63) is 40.2 Å². The van der Waals surface area contributed by atoms with E-state index in [1.54, 1.807) is 17.8 Å². The van der Waals surface area contributed by atoms with Gasteiger partial charge in [0, 0.05) is 18.0 Å². The fourth-order valence-corrected chi connectivity index (χ4v) is 2.31. The first kappa shape index (κ1) is 13.2. The molecule has 0 bridgehead atoms. The van der Waals surface area contributed by atoms with Crippen molar-refractivity contribution < 1.29 is 9.72 Å². The van der Waals surface area contributed by atoms with E-state index in [-0.39, 0.29) is 17.0 Å². The molecule has 1 aromatic heterocycles. The molecule has 0 spiro atoms. The average molecular weight is 278 g/mol. The molecule has 0 amide bonds. The number of nitro groups is 1. The summed E-state index contributed by atoms with van der Waals surface area (Å²) in [4.78, 5) is 26.5. The predicted octanol–water partition coefficient (Wildman–Crippen LogP) is 2.08. The molecule has 1 aromatic carbocycles. The number of rotatable bonds is 4. The van der Waals surface area contributed by atoms with Crippen molar-refractivity contribution in [2.75, 3.05) is 0 Å². The maximum absolute atomic E-state index is 11.4. The Morgan fingerprint density at radius 2 is 2.21 bits per heavy atom. The van der Waals surface area contributed by atoms with Gasteiger partial charge in [-0.3, -0.25) is 14.9 Å². The van der Waals surface area contributed by atoms with Crippen molar-refractivity contribution in [1.82, 2.24) is 14.8 Å². The van der Waals surface area contributed by atoms with Crippen molar-refractivity contribution in [3.63, 3.8) is 0 Å². The van der Waals surface area contributed by atoms with Gasteiger partial charge in [0.05, 0.1) is 10.5 Å². The minimum atomic E-state index is -0.562. The van der Waals surface area contributed by atoms with Gasteiger partial charge >= 0.3 is 0 Å². The van der Waals surface area contributed by atoms with Crippen LogP contribution < -0.4 is 0 Å². The summed E-state index contributed by atoms with van der Waals surface area (Å²) in [5.41, 5.74) is -0.0908. The second-order valence-electron chi connectivity index (χ2n) is 3.76. The number of nitro benzene ring substituents is 1. The van der Waals surface area contributed by atoms with Gasteiger partial charge in [-0.25, -0.2) is 9.67 Å². The van der Waals surface area contributed by atoms with Crippen molar-refractivity contribution in [2.45, 2.75) is 17.0 Å². The summed E-state index contributed by atoms with van der Waals surface area (Å²) in [5, 5.41) is 15.4. The van der Waals surface area contributed by atoms with Crippen LogP contribution in [0, 0.1) is 10.1 Å². The summed E-state index contributed by atoms with van der Waals surface area (Å²) in [7, 11) is 1.74. The normalized spacial score (nSPS) is 10.4. The topological polar surface area (TPSA) is 90.9 Å². The van der Waals surface area contributed by atoms with Crippen LogP contribution >= 0.6 is 11.8 Å². The van der Waals surface area contributed by atoms with Gasteiger partial charge < -0.3 is 0 Å². The zero-order valence-electron chi connectivity index (χ0n) is 10.2. The van der Waals surface area contributed by atoms with Crippen LogP contribution in [-0.2, 0) is 7.05 Å². The number of hydrogen-bond acceptors (Lipinski definition) is 6. The van der Waals surface area contributed by atoms with Crippen LogP contribution in [0.25, 0.3) is 0 Å². The monoisotopic (exact) mass is 278 g/mol. The van der Waals surface area contributed by atoms with Gasteiger partial charge in [-0.05, 0) is 19.1 Å². The predicted molar refractivity (Wildman–Crippen MR) is 68.2 cm³/mol. The summed E-state index contributed by atoms with van der Waals surface area (Å²) in [6, 6.07) is 4.42. The second-order valence-corrected chi connectivity index (χ2v) is 4.80. The number of hydrogen-bond donors (Lipinski definition) is 0. The average Bonchev–Trinajstić information content (AvgIpc) is 2.74. The van der Waals surface area contributed by atoms with Crippen molar-refractivity contribution in [3.8, 4) is 0 Å². The Labute approximate surface area is 112 Å². The van der Waals surface area contributed by atoms with Crippen LogP contribution in [0.15, 0.2) is 34.6 Å². The molecule has 0 N–H and O–H groups in total. The summed E-state index contributed by atoms with van der Waals surface area (Å²) < 4.78 is 1.58. The third kappa shape index (κ3) is 2.79. The first-order valence-electron chi connectivity index (χ1n) is 5.30. The second kappa shape index (κ2) is 5.19. The molecule has 0 aliphatic heterocycles. The molecule has 0 aliphatic carbocycles. The molecule has 0 aliphatic rings. The molecule has 0 radical (unpaired) electrons. The highest BCUT2D eigenvalue weighted by Gasteiger charge is 2.18. The van der Waals surface area contributed by atoms with E-state index in [1.165, 1.54) is 37.1 Å². The molecule has 8 heteroatoms. The van der Waals surface area contributed by atoms with Gasteiger partial charge in [0.15, 0.2) is 10.9 Å². The number of aryl methyl sites for hydroxylation is 1. The molecule has 19 heavy (non-hydrogen) atoms. The van der Waals surface area contributed by atoms with Crippen LogP contribution in [0.5, 0.6) is 0 Å². The highest BCUT2D eigenvalue weighted by Crippen LogP contribution is 2.30. The molecular formula is C11H10N4O3S. The van der Waals surface area contributed by atoms with Crippen molar-refractivity contribution in [1.29, 1.82) is 0 Å². The molecule has 7 nitrogen and oxygen atoms in total. The molecule has 0 atom stereocenters. The maximum Gasteiger partial charge on any atom is 0.280 e. The van der Waals surface area contributed by atoms with Crippen molar-refractivity contribution >= 4 is 23.2 Å². The van der Waals surface area contributed by atoms with E-state index >= 15 is 0 Å². The highest BCUT2D eigenvalue weighted by atomic mass is 32.2. The minimum absolute atomic E-state index is 0.0946. The lowest BCUT2D eigenvalue weighted by Gasteiger charge is -2.03. The molecule has 0 unspecified atom stereocenters. The maximum atomic E-state index is 11.4. The Hall–Kier alpha value is -2.22. The first-order chi connectivity index (χ1) is 8.99. The quantitative estimate of drug-likeness (QED) is 0.483. The number of aromatic nitrogens is 3. The van der Waals surface area contributed by atoms with E-state index < -0.39 is 4.92 Å². The summed E-state index contributed by atoms with van der Waals surface area (Å²) >= 11 is 1.29. The Bertz CT molecular complexity index is 653. The van der Waals surface area contributed by atoms with E-state index in [4.69, 9.17) is 0 Å². The smallest absolute Gasteiger partial charge is 0.280 e. The van der Waals surface area contributed by atoms with E-state index in [1.807, 2.05) is 0 Å². The fraction of sp³-hybridized carbons (Fsp3) is 0.182.